The molecule has 1 aliphatic carbocycles. The fourth-order valence-corrected chi connectivity index (χ4v) is 2.28. The first kappa shape index (κ1) is 14.3. The summed E-state index contributed by atoms with van der Waals surface area (Å²) in [6, 6.07) is 7.11. The summed E-state index contributed by atoms with van der Waals surface area (Å²) in [6.45, 7) is 4.53. The predicted octanol–water partition coefficient (Wildman–Crippen LogP) is 3.78. The highest BCUT2D eigenvalue weighted by Crippen LogP contribution is 2.50. The smallest absolute Gasteiger partial charge is 0.387 e. The van der Waals surface area contributed by atoms with Crippen LogP contribution >= 0.6 is 0 Å². The summed E-state index contributed by atoms with van der Waals surface area (Å²) >= 11 is 0. The van der Waals surface area contributed by atoms with Gasteiger partial charge in [0.05, 0.1) is 0 Å². The number of ether oxygens (including phenoxy) is 1. The highest BCUT2D eigenvalue weighted by molar-refractivity contribution is 5.39. The summed E-state index contributed by atoms with van der Waals surface area (Å²) in [5.74, 6) is 1.17. The number of hydrogen-bond donors (Lipinski definition) is 1. The molecule has 0 heterocycles. The molecule has 2 atom stereocenters. The minimum atomic E-state index is -2.76. The first-order chi connectivity index (χ1) is 8.87. The second-order valence-electron chi connectivity index (χ2n) is 6.15. The van der Waals surface area contributed by atoms with Crippen LogP contribution in [0.25, 0.3) is 0 Å². The lowest BCUT2D eigenvalue weighted by Gasteiger charge is -2.20. The monoisotopic (exact) mass is 269 g/mol. The van der Waals surface area contributed by atoms with Gasteiger partial charge in [0.2, 0.25) is 0 Å². The molecule has 0 aromatic heterocycles. The van der Waals surface area contributed by atoms with Crippen LogP contribution in [0.15, 0.2) is 24.3 Å². The molecule has 4 heteroatoms. The van der Waals surface area contributed by atoms with Gasteiger partial charge in [-0.25, -0.2) is 0 Å². The third-order valence-electron chi connectivity index (χ3n) is 3.35. The lowest BCUT2D eigenvalue weighted by Crippen LogP contribution is -2.37. The molecule has 1 aliphatic rings. The number of alkyl halides is 2. The van der Waals surface area contributed by atoms with Gasteiger partial charge in [0.15, 0.2) is 0 Å². The fraction of sp³-hybridized carbons (Fsp3) is 0.600. The molecule has 0 aliphatic heterocycles. The number of benzene rings is 1. The number of rotatable bonds is 5. The number of para-hydroxylation sites is 1. The highest BCUT2D eigenvalue weighted by atomic mass is 19.3. The van der Waals surface area contributed by atoms with Crippen molar-refractivity contribution in [3.8, 4) is 5.75 Å². The molecular weight excluding hydrogens is 248 g/mol. The minimum absolute atomic E-state index is 0.0894. The van der Waals surface area contributed by atoms with E-state index in [4.69, 9.17) is 0 Å². The van der Waals surface area contributed by atoms with Gasteiger partial charge in [-0.3, -0.25) is 0 Å². The summed E-state index contributed by atoms with van der Waals surface area (Å²) in [5, 5.41) is 3.45. The summed E-state index contributed by atoms with van der Waals surface area (Å²) in [6.07, 6.45) is 1.03. The zero-order chi connectivity index (χ0) is 14.0. The van der Waals surface area contributed by atoms with Crippen LogP contribution in [-0.2, 0) is 0 Å². The molecule has 1 fully saturated rings. The number of nitrogens with one attached hydrogen (secondary N) is 1. The Bertz CT molecular complexity index is 428. The Morgan fingerprint density at radius 2 is 2.00 bits per heavy atom. The third kappa shape index (κ3) is 4.16. The van der Waals surface area contributed by atoms with Crippen molar-refractivity contribution >= 4 is 0 Å². The van der Waals surface area contributed by atoms with Crippen molar-refractivity contribution in [3.05, 3.63) is 29.8 Å². The number of hydrogen-bond acceptors (Lipinski definition) is 2. The summed E-state index contributed by atoms with van der Waals surface area (Å²) in [7, 11) is 0. The van der Waals surface area contributed by atoms with Gasteiger partial charge in [0.25, 0.3) is 0 Å². The van der Waals surface area contributed by atoms with Crippen molar-refractivity contribution in [2.75, 3.05) is 6.54 Å². The van der Waals surface area contributed by atoms with E-state index in [2.05, 4.69) is 30.8 Å². The molecule has 2 unspecified atom stereocenters. The SMILES string of the molecule is CC(C)(C)NCC1CC1c1ccccc1OC(F)F. The largest absolute Gasteiger partial charge is 0.435 e. The molecule has 106 valence electrons. The quantitative estimate of drug-likeness (QED) is 0.878. The van der Waals surface area contributed by atoms with E-state index in [0.29, 0.717) is 17.6 Å². The molecule has 1 aromatic rings. The summed E-state index contributed by atoms with van der Waals surface area (Å²) < 4.78 is 29.3. The van der Waals surface area contributed by atoms with Crippen molar-refractivity contribution < 1.29 is 13.5 Å². The Kier molecular flexibility index (Phi) is 4.09. The fourth-order valence-electron chi connectivity index (χ4n) is 2.28. The van der Waals surface area contributed by atoms with Crippen LogP contribution in [0.4, 0.5) is 8.78 Å². The highest BCUT2D eigenvalue weighted by Gasteiger charge is 2.40. The topological polar surface area (TPSA) is 21.3 Å². The van der Waals surface area contributed by atoms with Crippen molar-refractivity contribution in [2.24, 2.45) is 5.92 Å². The molecule has 1 N–H and O–H groups in total. The Hall–Kier alpha value is -1.16. The normalized spacial score (nSPS) is 22.6. The van der Waals surface area contributed by atoms with E-state index in [0.717, 1.165) is 18.5 Å². The van der Waals surface area contributed by atoms with Crippen molar-refractivity contribution in [1.82, 2.24) is 5.32 Å². The average molecular weight is 269 g/mol. The van der Waals surface area contributed by atoms with Gasteiger partial charge in [-0.1, -0.05) is 18.2 Å². The van der Waals surface area contributed by atoms with Crippen LogP contribution in [-0.4, -0.2) is 18.7 Å². The van der Waals surface area contributed by atoms with Gasteiger partial charge in [0.1, 0.15) is 5.75 Å². The molecule has 0 radical (unpaired) electrons. The molecule has 0 bridgehead atoms. The Morgan fingerprint density at radius 3 is 2.63 bits per heavy atom. The zero-order valence-electron chi connectivity index (χ0n) is 11.6. The van der Waals surface area contributed by atoms with Crippen molar-refractivity contribution in [2.45, 2.75) is 45.3 Å². The van der Waals surface area contributed by atoms with Crippen molar-refractivity contribution in [1.29, 1.82) is 0 Å². The molecule has 1 aromatic carbocycles. The lowest BCUT2D eigenvalue weighted by molar-refractivity contribution is -0.0504. The molecule has 1 saturated carbocycles. The second-order valence-corrected chi connectivity index (χ2v) is 6.15. The second kappa shape index (κ2) is 5.45. The van der Waals surface area contributed by atoms with E-state index < -0.39 is 6.61 Å². The molecular formula is C15H21F2NO. The molecule has 0 saturated heterocycles. The Balaban J connectivity index is 1.97. The van der Waals surface area contributed by atoms with E-state index in [9.17, 15) is 8.78 Å². The lowest BCUT2D eigenvalue weighted by atomic mass is 10.1. The van der Waals surface area contributed by atoms with Crippen LogP contribution in [0.5, 0.6) is 5.75 Å². The van der Waals surface area contributed by atoms with Crippen LogP contribution in [0.3, 0.4) is 0 Å². The van der Waals surface area contributed by atoms with Gasteiger partial charge >= 0.3 is 6.61 Å². The Morgan fingerprint density at radius 1 is 1.32 bits per heavy atom. The van der Waals surface area contributed by atoms with Gasteiger partial charge in [0, 0.05) is 5.54 Å². The number of halogens is 2. The standard InChI is InChI=1S/C15H21F2NO/c1-15(2,3)18-9-10-8-12(10)11-6-4-5-7-13(11)19-14(16)17/h4-7,10,12,14,18H,8-9H2,1-3H3. The summed E-state index contributed by atoms with van der Waals surface area (Å²) in [4.78, 5) is 0. The maximum atomic E-state index is 12.4. The van der Waals surface area contributed by atoms with Gasteiger partial charge in [-0.15, -0.1) is 0 Å². The van der Waals surface area contributed by atoms with Gasteiger partial charge in [-0.05, 0) is 57.2 Å². The van der Waals surface area contributed by atoms with Crippen LogP contribution < -0.4 is 10.1 Å². The molecule has 2 rings (SSSR count). The van der Waals surface area contributed by atoms with E-state index in [-0.39, 0.29) is 5.54 Å². The van der Waals surface area contributed by atoms with Gasteiger partial charge < -0.3 is 10.1 Å². The van der Waals surface area contributed by atoms with Crippen LogP contribution in [0.2, 0.25) is 0 Å². The minimum Gasteiger partial charge on any atom is -0.435 e. The molecule has 2 nitrogen and oxygen atoms in total. The first-order valence-corrected chi connectivity index (χ1v) is 6.65. The molecule has 19 heavy (non-hydrogen) atoms. The average Bonchev–Trinajstić information content (AvgIpc) is 3.05. The molecule has 0 amide bonds. The molecule has 0 spiro atoms. The van der Waals surface area contributed by atoms with Crippen molar-refractivity contribution in [3.63, 3.8) is 0 Å². The van der Waals surface area contributed by atoms with Crippen LogP contribution in [0.1, 0.15) is 38.7 Å². The van der Waals surface area contributed by atoms with Crippen LogP contribution in [0, 0.1) is 5.92 Å². The van der Waals surface area contributed by atoms with E-state index in [1.54, 1.807) is 12.1 Å². The predicted molar refractivity (Wildman–Crippen MR) is 71.7 cm³/mol. The zero-order valence-corrected chi connectivity index (χ0v) is 11.6. The van der Waals surface area contributed by atoms with Gasteiger partial charge in [-0.2, -0.15) is 8.78 Å². The maximum absolute atomic E-state index is 12.4. The van der Waals surface area contributed by atoms with E-state index in [1.807, 2.05) is 12.1 Å². The van der Waals surface area contributed by atoms with E-state index >= 15 is 0 Å². The maximum Gasteiger partial charge on any atom is 0.387 e. The Labute approximate surface area is 113 Å². The third-order valence-corrected chi connectivity index (χ3v) is 3.35. The summed E-state index contributed by atoms with van der Waals surface area (Å²) in [5.41, 5.74) is 0.995. The van der Waals surface area contributed by atoms with E-state index in [1.165, 1.54) is 0 Å². The first-order valence-electron chi connectivity index (χ1n) is 6.65.